The Hall–Kier alpha value is -1.38. The molecule has 0 radical (unpaired) electrons. The lowest BCUT2D eigenvalue weighted by Gasteiger charge is -2.04. The second-order valence-electron chi connectivity index (χ2n) is 3.83. The van der Waals surface area contributed by atoms with Crippen molar-refractivity contribution in [2.24, 2.45) is 5.92 Å². The summed E-state index contributed by atoms with van der Waals surface area (Å²) < 4.78 is 17.3. The van der Waals surface area contributed by atoms with Gasteiger partial charge in [0.25, 0.3) is 0 Å². The monoisotopic (exact) mass is 208 g/mol. The number of esters is 1. The largest absolute Gasteiger partial charge is 0.461 e. The first-order chi connectivity index (χ1) is 7.29. The van der Waals surface area contributed by atoms with Crippen LogP contribution in [-0.2, 0) is 22.8 Å². The van der Waals surface area contributed by atoms with Crippen LogP contribution in [-0.4, -0.2) is 5.97 Å². The molecular formula is C12H13FO2. The van der Waals surface area contributed by atoms with Crippen molar-refractivity contribution in [3.63, 3.8) is 0 Å². The van der Waals surface area contributed by atoms with Crippen LogP contribution in [0, 0.1) is 5.92 Å². The summed E-state index contributed by atoms with van der Waals surface area (Å²) in [6, 6.07) is 6.99. The zero-order valence-electron chi connectivity index (χ0n) is 8.41. The molecule has 0 heterocycles. The smallest absolute Gasteiger partial charge is 0.309 e. The van der Waals surface area contributed by atoms with Gasteiger partial charge in [-0.2, -0.15) is 0 Å². The summed E-state index contributed by atoms with van der Waals surface area (Å²) in [6.07, 6.45) is 1.92. The molecule has 0 N–H and O–H groups in total. The van der Waals surface area contributed by atoms with Crippen molar-refractivity contribution < 1.29 is 13.9 Å². The van der Waals surface area contributed by atoms with Crippen molar-refractivity contribution in [2.45, 2.75) is 26.1 Å². The van der Waals surface area contributed by atoms with Crippen LogP contribution in [0.4, 0.5) is 4.39 Å². The molecule has 0 saturated heterocycles. The van der Waals surface area contributed by atoms with Crippen LogP contribution in [0.3, 0.4) is 0 Å². The Bertz CT molecular complexity index is 341. The molecule has 80 valence electrons. The average Bonchev–Trinajstić information content (AvgIpc) is 3.10. The van der Waals surface area contributed by atoms with Crippen LogP contribution < -0.4 is 0 Å². The molecule has 1 fully saturated rings. The molecule has 0 bridgehead atoms. The lowest BCUT2D eigenvalue weighted by Crippen LogP contribution is -2.06. The predicted octanol–water partition coefficient (Wildman–Crippen LogP) is 2.61. The van der Waals surface area contributed by atoms with Gasteiger partial charge in [-0.15, -0.1) is 0 Å². The molecule has 0 aliphatic heterocycles. The number of halogens is 1. The number of carbonyl (C=O) groups is 1. The molecule has 0 aromatic heterocycles. The molecule has 1 aromatic carbocycles. The zero-order valence-corrected chi connectivity index (χ0v) is 8.41. The first-order valence-electron chi connectivity index (χ1n) is 5.10. The van der Waals surface area contributed by atoms with Gasteiger partial charge in [-0.1, -0.05) is 24.3 Å². The highest BCUT2D eigenvalue weighted by Crippen LogP contribution is 2.30. The van der Waals surface area contributed by atoms with Crippen LogP contribution in [0.15, 0.2) is 24.3 Å². The van der Waals surface area contributed by atoms with E-state index in [-0.39, 0.29) is 11.9 Å². The van der Waals surface area contributed by atoms with Gasteiger partial charge in [0.1, 0.15) is 13.3 Å². The zero-order chi connectivity index (χ0) is 10.7. The molecule has 2 rings (SSSR count). The van der Waals surface area contributed by atoms with Gasteiger partial charge in [-0.3, -0.25) is 4.79 Å². The molecule has 1 aromatic rings. The third kappa shape index (κ3) is 2.78. The van der Waals surface area contributed by atoms with E-state index in [4.69, 9.17) is 4.74 Å². The Morgan fingerprint density at radius 1 is 1.27 bits per heavy atom. The minimum atomic E-state index is -0.456. The van der Waals surface area contributed by atoms with Gasteiger partial charge in [0.2, 0.25) is 0 Å². The first-order valence-corrected chi connectivity index (χ1v) is 5.10. The molecule has 0 atom stereocenters. The van der Waals surface area contributed by atoms with E-state index < -0.39 is 6.67 Å². The Morgan fingerprint density at radius 3 is 2.40 bits per heavy atom. The van der Waals surface area contributed by atoms with E-state index in [9.17, 15) is 9.18 Å². The fourth-order valence-electron chi connectivity index (χ4n) is 1.32. The molecule has 1 saturated carbocycles. The van der Waals surface area contributed by atoms with E-state index in [1.165, 1.54) is 0 Å². The second-order valence-corrected chi connectivity index (χ2v) is 3.83. The van der Waals surface area contributed by atoms with Gasteiger partial charge < -0.3 is 4.74 Å². The summed E-state index contributed by atoms with van der Waals surface area (Å²) in [7, 11) is 0. The van der Waals surface area contributed by atoms with Gasteiger partial charge in [0.15, 0.2) is 0 Å². The lowest BCUT2D eigenvalue weighted by molar-refractivity contribution is -0.146. The maximum Gasteiger partial charge on any atom is 0.309 e. The quantitative estimate of drug-likeness (QED) is 0.711. The number of hydrogen-bond acceptors (Lipinski definition) is 2. The van der Waals surface area contributed by atoms with Gasteiger partial charge in [-0.05, 0) is 24.0 Å². The highest BCUT2D eigenvalue weighted by Gasteiger charge is 2.31. The van der Waals surface area contributed by atoms with E-state index >= 15 is 0 Å². The predicted molar refractivity (Wildman–Crippen MR) is 53.8 cm³/mol. The van der Waals surface area contributed by atoms with E-state index in [0.717, 1.165) is 18.4 Å². The number of carbonyl (C=O) groups excluding carboxylic acids is 1. The summed E-state index contributed by atoms with van der Waals surface area (Å²) in [5.74, 6) is 0.0275. The van der Waals surface area contributed by atoms with Crippen molar-refractivity contribution in [2.75, 3.05) is 0 Å². The maximum absolute atomic E-state index is 12.2. The lowest BCUT2D eigenvalue weighted by atomic mass is 10.1. The summed E-state index contributed by atoms with van der Waals surface area (Å²) in [4.78, 5) is 11.2. The SMILES string of the molecule is O=C(OCc1ccc(CF)cc1)C1CC1. The number of ether oxygens (including phenoxy) is 1. The van der Waals surface area contributed by atoms with Crippen molar-refractivity contribution >= 4 is 5.97 Å². The van der Waals surface area contributed by atoms with Crippen LogP contribution in [0.5, 0.6) is 0 Å². The van der Waals surface area contributed by atoms with Crippen molar-refractivity contribution in [1.82, 2.24) is 0 Å². The molecule has 0 spiro atoms. The number of hydrogen-bond donors (Lipinski definition) is 0. The minimum absolute atomic E-state index is 0.107. The fourth-order valence-corrected chi connectivity index (χ4v) is 1.32. The van der Waals surface area contributed by atoms with Crippen molar-refractivity contribution in [1.29, 1.82) is 0 Å². The Kier molecular flexibility index (Phi) is 2.99. The van der Waals surface area contributed by atoms with Crippen LogP contribution in [0.25, 0.3) is 0 Å². The Labute approximate surface area is 88.1 Å². The molecule has 0 unspecified atom stereocenters. The normalized spacial score (nSPS) is 15.0. The van der Waals surface area contributed by atoms with Gasteiger partial charge in [0, 0.05) is 0 Å². The average molecular weight is 208 g/mol. The van der Waals surface area contributed by atoms with E-state index in [1.807, 2.05) is 0 Å². The maximum atomic E-state index is 12.2. The van der Waals surface area contributed by atoms with Crippen LogP contribution in [0.1, 0.15) is 24.0 Å². The van der Waals surface area contributed by atoms with Gasteiger partial charge in [-0.25, -0.2) is 4.39 Å². The third-order valence-corrected chi connectivity index (χ3v) is 2.47. The first kappa shape index (κ1) is 10.1. The molecule has 0 amide bonds. The summed E-state index contributed by atoms with van der Waals surface area (Å²) in [5, 5.41) is 0. The highest BCUT2D eigenvalue weighted by atomic mass is 19.1. The molecule has 1 aliphatic rings. The molecular weight excluding hydrogens is 195 g/mol. The number of rotatable bonds is 4. The van der Waals surface area contributed by atoms with E-state index in [2.05, 4.69) is 0 Å². The summed E-state index contributed by atoms with van der Waals surface area (Å²) in [5.41, 5.74) is 1.55. The minimum Gasteiger partial charge on any atom is -0.461 e. The van der Waals surface area contributed by atoms with Crippen LogP contribution >= 0.6 is 0 Å². The Balaban J connectivity index is 1.84. The topological polar surface area (TPSA) is 26.3 Å². The molecule has 3 heteroatoms. The molecule has 15 heavy (non-hydrogen) atoms. The van der Waals surface area contributed by atoms with Gasteiger partial charge in [0.05, 0.1) is 5.92 Å². The third-order valence-electron chi connectivity index (χ3n) is 2.47. The summed E-state index contributed by atoms with van der Waals surface area (Å²) >= 11 is 0. The highest BCUT2D eigenvalue weighted by molar-refractivity contribution is 5.74. The second kappa shape index (κ2) is 4.43. The standard InChI is InChI=1S/C12H13FO2/c13-7-9-1-3-10(4-2-9)8-15-12(14)11-5-6-11/h1-4,11H,5-8H2. The summed E-state index contributed by atoms with van der Waals surface area (Å²) in [6.45, 7) is -0.163. The molecule has 1 aliphatic carbocycles. The molecule has 2 nitrogen and oxygen atoms in total. The van der Waals surface area contributed by atoms with Gasteiger partial charge >= 0.3 is 5.97 Å². The fraction of sp³-hybridized carbons (Fsp3) is 0.417. The number of alkyl halides is 1. The van der Waals surface area contributed by atoms with Crippen LogP contribution in [0.2, 0.25) is 0 Å². The van der Waals surface area contributed by atoms with E-state index in [1.54, 1.807) is 24.3 Å². The van der Waals surface area contributed by atoms with Crippen molar-refractivity contribution in [3.05, 3.63) is 35.4 Å². The van der Waals surface area contributed by atoms with Crippen molar-refractivity contribution in [3.8, 4) is 0 Å². The van der Waals surface area contributed by atoms with E-state index in [0.29, 0.717) is 12.2 Å². The Morgan fingerprint density at radius 2 is 1.87 bits per heavy atom. The number of benzene rings is 1.